The van der Waals surface area contributed by atoms with Crippen molar-refractivity contribution in [2.45, 2.75) is 59.1 Å². The van der Waals surface area contributed by atoms with E-state index in [0.29, 0.717) is 28.6 Å². The summed E-state index contributed by atoms with van der Waals surface area (Å²) in [5.41, 5.74) is 4.99. The number of hydrogen-bond donors (Lipinski definition) is 0. The van der Waals surface area contributed by atoms with Gasteiger partial charge in [-0.1, -0.05) is 11.6 Å². The molecule has 2 aromatic carbocycles. The van der Waals surface area contributed by atoms with Crippen LogP contribution in [0, 0.1) is 0 Å². The summed E-state index contributed by atoms with van der Waals surface area (Å²) in [4.78, 5) is 15.3. The minimum atomic E-state index is -0.327. The van der Waals surface area contributed by atoms with Gasteiger partial charge in [-0.3, -0.25) is 4.79 Å². The van der Waals surface area contributed by atoms with Gasteiger partial charge in [-0.15, -0.1) is 0 Å². The summed E-state index contributed by atoms with van der Waals surface area (Å²) in [5.74, 6) is 1.29. The summed E-state index contributed by atoms with van der Waals surface area (Å²) < 4.78 is 13.5. The zero-order valence-electron chi connectivity index (χ0n) is 20.9. The summed E-state index contributed by atoms with van der Waals surface area (Å²) in [6.07, 6.45) is 1.49. The summed E-state index contributed by atoms with van der Waals surface area (Å²) in [6.45, 7) is 10.0. The molecule has 0 aliphatic heterocycles. The third kappa shape index (κ3) is 4.39. The first kappa shape index (κ1) is 24.1. The average molecular weight is 483 g/mol. The number of methoxy groups -OCH3 is 1. The Kier molecular flexibility index (Phi) is 6.38. The highest BCUT2D eigenvalue weighted by molar-refractivity contribution is 6.30. The molecule has 0 atom stereocenters. The Balaban J connectivity index is 1.96. The molecule has 0 unspecified atom stereocenters. The highest BCUT2D eigenvalue weighted by atomic mass is 35.5. The van der Waals surface area contributed by atoms with Gasteiger partial charge in [0, 0.05) is 28.7 Å². The van der Waals surface area contributed by atoms with Gasteiger partial charge in [0.1, 0.15) is 0 Å². The van der Waals surface area contributed by atoms with E-state index in [4.69, 9.17) is 26.2 Å². The molecule has 0 saturated carbocycles. The number of aromatic nitrogens is 2. The number of rotatable bonds is 5. The number of hydrogen-bond acceptors (Lipinski definition) is 4. The Morgan fingerprint density at radius 3 is 2.38 bits per heavy atom. The number of nitrogens with zero attached hydrogens (tertiary/aromatic N) is 3. The van der Waals surface area contributed by atoms with Crippen LogP contribution in [0.3, 0.4) is 0 Å². The lowest BCUT2D eigenvalue weighted by Crippen LogP contribution is -2.43. The number of aryl methyl sites for hydroxylation is 1. The molecule has 0 fully saturated rings. The standard InChI is InChI=1S/C27H32ClN3O3/c1-16(2)34-23-15-21-17(14-22(23)33-7)8-13-20-24(26(32)30(6)27(3,4)5)29-31(25(20)21)19-11-9-18(28)10-12-19/h9-12,14-16H,8,13H2,1-7H3/i26+1. The largest absolute Gasteiger partial charge is 0.493 e. The second-order valence-corrected chi connectivity index (χ2v) is 10.4. The molecule has 1 aliphatic carbocycles. The van der Waals surface area contributed by atoms with Crippen LogP contribution in [0.5, 0.6) is 11.5 Å². The van der Waals surface area contributed by atoms with Gasteiger partial charge >= 0.3 is 0 Å². The number of carbonyl (C=O) groups is 1. The fourth-order valence-corrected chi connectivity index (χ4v) is 4.29. The Hall–Kier alpha value is -2.99. The summed E-state index contributed by atoms with van der Waals surface area (Å²) in [7, 11) is 3.48. The molecule has 3 aromatic rings. The topological polar surface area (TPSA) is 56.6 Å². The molecule has 0 radical (unpaired) electrons. The van der Waals surface area contributed by atoms with Gasteiger partial charge in [0.2, 0.25) is 0 Å². The molecule has 0 saturated heterocycles. The van der Waals surface area contributed by atoms with Crippen molar-refractivity contribution >= 4 is 17.5 Å². The van der Waals surface area contributed by atoms with Crippen molar-refractivity contribution < 1.29 is 14.3 Å². The average Bonchev–Trinajstić information content (AvgIpc) is 3.17. The number of benzene rings is 2. The van der Waals surface area contributed by atoms with E-state index in [-0.39, 0.29) is 17.6 Å². The number of fused-ring (bicyclic) bond motifs is 3. The van der Waals surface area contributed by atoms with E-state index in [1.165, 1.54) is 0 Å². The smallest absolute Gasteiger partial charge is 0.274 e. The number of amides is 1. The summed E-state index contributed by atoms with van der Waals surface area (Å²) in [6, 6.07) is 11.6. The van der Waals surface area contributed by atoms with Gasteiger partial charge in [0.25, 0.3) is 5.91 Å². The maximum atomic E-state index is 13.6. The van der Waals surface area contributed by atoms with E-state index in [9.17, 15) is 4.79 Å². The third-order valence-electron chi connectivity index (χ3n) is 6.22. The maximum absolute atomic E-state index is 13.6. The van der Waals surface area contributed by atoms with Crippen LogP contribution < -0.4 is 9.47 Å². The van der Waals surface area contributed by atoms with Gasteiger partial charge in [-0.2, -0.15) is 5.10 Å². The fourth-order valence-electron chi connectivity index (χ4n) is 4.16. The van der Waals surface area contributed by atoms with Crippen LogP contribution in [0.25, 0.3) is 16.9 Å². The highest BCUT2D eigenvalue weighted by Gasteiger charge is 2.33. The normalized spacial score (nSPS) is 12.9. The highest BCUT2D eigenvalue weighted by Crippen LogP contribution is 2.43. The van der Waals surface area contributed by atoms with E-state index < -0.39 is 0 Å². The van der Waals surface area contributed by atoms with Crippen LogP contribution >= 0.6 is 11.6 Å². The quantitative estimate of drug-likeness (QED) is 0.421. The second-order valence-electron chi connectivity index (χ2n) is 9.93. The van der Waals surface area contributed by atoms with Crippen LogP contribution in [0.15, 0.2) is 36.4 Å². The molecule has 34 heavy (non-hydrogen) atoms. The second kappa shape index (κ2) is 8.99. The van der Waals surface area contributed by atoms with Crippen molar-refractivity contribution in [3.05, 3.63) is 58.2 Å². The minimum Gasteiger partial charge on any atom is -0.493 e. The van der Waals surface area contributed by atoms with Gasteiger partial charge in [0.05, 0.1) is 24.6 Å². The van der Waals surface area contributed by atoms with Crippen LogP contribution in [-0.4, -0.2) is 46.4 Å². The van der Waals surface area contributed by atoms with E-state index in [1.807, 2.05) is 82.7 Å². The zero-order valence-corrected chi connectivity index (χ0v) is 21.7. The van der Waals surface area contributed by atoms with Crippen LogP contribution in [-0.2, 0) is 12.8 Å². The first-order valence-corrected chi connectivity index (χ1v) is 11.9. The van der Waals surface area contributed by atoms with Crippen LogP contribution in [0.2, 0.25) is 5.02 Å². The number of carbonyl (C=O) groups excluding carboxylic acids is 1. The monoisotopic (exact) mass is 482 g/mol. The fraction of sp³-hybridized carbons (Fsp3) is 0.407. The van der Waals surface area contributed by atoms with Crippen LogP contribution in [0.4, 0.5) is 0 Å². The summed E-state index contributed by atoms with van der Waals surface area (Å²) in [5, 5.41) is 5.51. The van der Waals surface area contributed by atoms with Crippen molar-refractivity contribution in [3.8, 4) is 28.4 Å². The van der Waals surface area contributed by atoms with E-state index in [0.717, 1.165) is 34.5 Å². The Labute approximate surface area is 206 Å². The minimum absolute atomic E-state index is 0.00578. The molecule has 0 spiro atoms. The third-order valence-corrected chi connectivity index (χ3v) is 6.47. The van der Waals surface area contributed by atoms with Crippen molar-refractivity contribution in [2.75, 3.05) is 14.2 Å². The molecule has 7 heteroatoms. The molecular weight excluding hydrogens is 451 g/mol. The van der Waals surface area contributed by atoms with Gasteiger partial charge in [-0.05, 0) is 89.4 Å². The zero-order chi connectivity index (χ0) is 24.8. The van der Waals surface area contributed by atoms with Crippen molar-refractivity contribution in [1.82, 2.24) is 14.7 Å². The van der Waals surface area contributed by atoms with E-state index >= 15 is 0 Å². The first-order chi connectivity index (χ1) is 16.0. The Morgan fingerprint density at radius 2 is 1.79 bits per heavy atom. The summed E-state index contributed by atoms with van der Waals surface area (Å²) >= 11 is 6.15. The van der Waals surface area contributed by atoms with Crippen LogP contribution in [0.1, 0.15) is 56.2 Å². The molecule has 1 heterocycles. The van der Waals surface area contributed by atoms with Gasteiger partial charge < -0.3 is 14.4 Å². The maximum Gasteiger partial charge on any atom is 0.274 e. The van der Waals surface area contributed by atoms with E-state index in [2.05, 4.69) is 0 Å². The van der Waals surface area contributed by atoms with Gasteiger partial charge in [-0.25, -0.2) is 4.68 Å². The number of ether oxygens (including phenoxy) is 2. The molecule has 0 N–H and O–H groups in total. The lowest BCUT2D eigenvalue weighted by molar-refractivity contribution is 0.0648. The molecule has 0 bridgehead atoms. The van der Waals surface area contributed by atoms with Crippen molar-refractivity contribution in [2.24, 2.45) is 0 Å². The molecule has 1 amide bonds. The predicted molar refractivity (Wildman–Crippen MR) is 136 cm³/mol. The molecule has 4 rings (SSSR count). The van der Waals surface area contributed by atoms with Gasteiger partial charge in [0.15, 0.2) is 17.2 Å². The van der Waals surface area contributed by atoms with Crippen molar-refractivity contribution in [1.29, 1.82) is 0 Å². The molecule has 180 valence electrons. The predicted octanol–water partition coefficient (Wildman–Crippen LogP) is 5.96. The first-order valence-electron chi connectivity index (χ1n) is 11.5. The number of halogens is 1. The molecule has 1 aliphatic rings. The van der Waals surface area contributed by atoms with E-state index in [1.54, 1.807) is 12.0 Å². The lowest BCUT2D eigenvalue weighted by atomic mass is 9.88. The molecule has 1 aromatic heterocycles. The molecular formula is C27H32ClN3O3. The Morgan fingerprint density at radius 1 is 1.12 bits per heavy atom. The lowest BCUT2D eigenvalue weighted by Gasteiger charge is -2.31. The molecule has 6 nitrogen and oxygen atoms in total. The Bertz CT molecular complexity index is 1220. The SMILES string of the molecule is COc1cc2c(cc1OC(C)C)-c1c(c([13C](=O)N(C)C(C)(C)C)nn1-c1ccc(Cl)cc1)CC2. The van der Waals surface area contributed by atoms with Crippen molar-refractivity contribution in [3.63, 3.8) is 0 Å².